The molecule has 3 rings (SSSR count). The molecule has 0 aromatic carbocycles. The minimum Gasteiger partial charge on any atom is -0.324 e. The molecule has 2 atom stereocenters. The van der Waals surface area contributed by atoms with E-state index in [1.807, 2.05) is 0 Å². The minimum absolute atomic E-state index is 0.0972. The van der Waals surface area contributed by atoms with Crippen LogP contribution in [0.3, 0.4) is 0 Å². The van der Waals surface area contributed by atoms with Crippen molar-refractivity contribution in [3.63, 3.8) is 0 Å². The summed E-state index contributed by atoms with van der Waals surface area (Å²) in [5, 5.41) is 2.74. The normalized spacial score (nSPS) is 33.0. The monoisotopic (exact) mass is 293 g/mol. The third-order valence-electron chi connectivity index (χ3n) is 5.46. The van der Waals surface area contributed by atoms with Gasteiger partial charge in [0.05, 0.1) is 0 Å². The number of fused-ring (bicyclic) bond motifs is 1. The number of carbonyl (C=O) groups is 2. The van der Waals surface area contributed by atoms with Crippen LogP contribution in [0.25, 0.3) is 0 Å². The highest BCUT2D eigenvalue weighted by atomic mass is 16.2. The number of imide groups is 1. The number of piperidine rings is 1. The van der Waals surface area contributed by atoms with E-state index >= 15 is 0 Å². The molecule has 3 amide bonds. The number of amides is 3. The first-order chi connectivity index (χ1) is 9.97. The van der Waals surface area contributed by atoms with Gasteiger partial charge in [0, 0.05) is 19.6 Å². The number of nitrogens with one attached hydrogen (secondary N) is 1. The summed E-state index contributed by atoms with van der Waals surface area (Å²) in [6.45, 7) is 7.14. The Morgan fingerprint density at radius 3 is 2.48 bits per heavy atom. The second kappa shape index (κ2) is 5.59. The Morgan fingerprint density at radius 2 is 1.81 bits per heavy atom. The number of rotatable bonds is 3. The molecule has 5 heteroatoms. The van der Waals surface area contributed by atoms with Gasteiger partial charge in [-0.05, 0) is 45.1 Å². The van der Waals surface area contributed by atoms with Gasteiger partial charge >= 0.3 is 6.03 Å². The number of nitrogens with zero attached hydrogens (tertiary/aromatic N) is 2. The lowest BCUT2D eigenvalue weighted by Gasteiger charge is -2.41. The van der Waals surface area contributed by atoms with Crippen LogP contribution in [0.4, 0.5) is 4.79 Å². The maximum absolute atomic E-state index is 12.2. The zero-order valence-corrected chi connectivity index (χ0v) is 13.2. The van der Waals surface area contributed by atoms with Crippen molar-refractivity contribution in [1.82, 2.24) is 15.1 Å². The summed E-state index contributed by atoms with van der Waals surface area (Å²) >= 11 is 0. The quantitative estimate of drug-likeness (QED) is 0.808. The molecule has 1 aliphatic carbocycles. The Balaban J connectivity index is 1.52. The number of hydrogen-bond acceptors (Lipinski definition) is 3. The third-order valence-corrected chi connectivity index (χ3v) is 5.46. The molecule has 0 aromatic heterocycles. The van der Waals surface area contributed by atoms with Crippen molar-refractivity contribution in [2.24, 2.45) is 11.8 Å². The number of likely N-dealkylation sites (tertiary alicyclic amines) is 1. The largest absolute Gasteiger partial charge is 0.325 e. The minimum atomic E-state index is -0.743. The highest BCUT2D eigenvalue weighted by Gasteiger charge is 2.44. The molecule has 118 valence electrons. The van der Waals surface area contributed by atoms with Gasteiger partial charge in [-0.25, -0.2) is 4.79 Å². The van der Waals surface area contributed by atoms with Gasteiger partial charge in [-0.1, -0.05) is 19.3 Å². The molecule has 0 radical (unpaired) electrons. The number of hydrogen-bond donors (Lipinski definition) is 1. The average Bonchev–Trinajstić information content (AvgIpc) is 2.65. The Morgan fingerprint density at radius 1 is 1.10 bits per heavy atom. The number of carbonyl (C=O) groups excluding carboxylic acids is 2. The van der Waals surface area contributed by atoms with Crippen LogP contribution < -0.4 is 5.32 Å². The van der Waals surface area contributed by atoms with E-state index in [0.717, 1.165) is 31.5 Å². The van der Waals surface area contributed by atoms with Gasteiger partial charge in [-0.2, -0.15) is 0 Å². The molecule has 5 nitrogen and oxygen atoms in total. The molecule has 2 aliphatic heterocycles. The SMILES string of the molecule is CC1(C)NC(=O)N(CCN2CC[C@H]3CCCC[C@H]3C2)C1=O. The topological polar surface area (TPSA) is 52.7 Å². The molecule has 1 N–H and O–H groups in total. The first kappa shape index (κ1) is 14.8. The summed E-state index contributed by atoms with van der Waals surface area (Å²) < 4.78 is 0. The summed E-state index contributed by atoms with van der Waals surface area (Å²) in [5.74, 6) is 1.66. The molecular weight excluding hydrogens is 266 g/mol. The lowest BCUT2D eigenvalue weighted by Crippen LogP contribution is -2.46. The average molecular weight is 293 g/mol. The fourth-order valence-corrected chi connectivity index (χ4v) is 4.14. The fraction of sp³-hybridized carbons (Fsp3) is 0.875. The standard InChI is InChI=1S/C16H27N3O2/c1-16(2)14(20)19(15(21)17-16)10-9-18-8-7-12-5-3-4-6-13(12)11-18/h12-13H,3-11H2,1-2H3,(H,17,21)/t12-,13+/m1/s1. The highest BCUT2D eigenvalue weighted by Crippen LogP contribution is 2.35. The van der Waals surface area contributed by atoms with Crippen molar-refractivity contribution >= 4 is 11.9 Å². The Bertz CT molecular complexity index is 435. The van der Waals surface area contributed by atoms with Crippen LogP contribution in [0.1, 0.15) is 46.0 Å². The van der Waals surface area contributed by atoms with E-state index in [9.17, 15) is 9.59 Å². The molecule has 0 aromatic rings. The second-order valence-electron chi connectivity index (χ2n) is 7.41. The molecule has 2 saturated heterocycles. The van der Waals surface area contributed by atoms with Gasteiger partial charge in [-0.15, -0.1) is 0 Å². The van der Waals surface area contributed by atoms with Gasteiger partial charge in [0.15, 0.2) is 0 Å². The van der Waals surface area contributed by atoms with Gasteiger partial charge < -0.3 is 10.2 Å². The van der Waals surface area contributed by atoms with Gasteiger partial charge in [0.1, 0.15) is 5.54 Å². The van der Waals surface area contributed by atoms with Crippen molar-refractivity contribution in [2.75, 3.05) is 26.2 Å². The van der Waals surface area contributed by atoms with Crippen LogP contribution in [-0.4, -0.2) is 53.5 Å². The van der Waals surface area contributed by atoms with E-state index in [0.29, 0.717) is 6.54 Å². The second-order valence-corrected chi connectivity index (χ2v) is 7.41. The zero-order valence-electron chi connectivity index (χ0n) is 13.2. The Hall–Kier alpha value is -1.10. The Kier molecular flexibility index (Phi) is 3.95. The van der Waals surface area contributed by atoms with Crippen molar-refractivity contribution in [2.45, 2.75) is 51.5 Å². The van der Waals surface area contributed by atoms with Crippen LogP contribution in [0.15, 0.2) is 0 Å². The van der Waals surface area contributed by atoms with Gasteiger partial charge in [-0.3, -0.25) is 9.69 Å². The molecule has 0 unspecified atom stereocenters. The lowest BCUT2D eigenvalue weighted by atomic mass is 9.75. The van der Waals surface area contributed by atoms with Crippen LogP contribution in [0.2, 0.25) is 0 Å². The zero-order chi connectivity index (χ0) is 15.0. The van der Waals surface area contributed by atoms with E-state index in [1.165, 1.54) is 37.0 Å². The van der Waals surface area contributed by atoms with E-state index in [1.54, 1.807) is 13.8 Å². The summed E-state index contributed by atoms with van der Waals surface area (Å²) in [5.41, 5.74) is -0.743. The highest BCUT2D eigenvalue weighted by molar-refractivity contribution is 6.06. The Labute approximate surface area is 127 Å². The van der Waals surface area contributed by atoms with E-state index in [-0.39, 0.29) is 11.9 Å². The van der Waals surface area contributed by atoms with Gasteiger partial charge in [0.2, 0.25) is 0 Å². The molecule has 3 aliphatic rings. The first-order valence-corrected chi connectivity index (χ1v) is 8.34. The summed E-state index contributed by atoms with van der Waals surface area (Å²) in [4.78, 5) is 27.9. The van der Waals surface area contributed by atoms with Crippen LogP contribution in [-0.2, 0) is 4.79 Å². The molecule has 0 bridgehead atoms. The fourth-order valence-electron chi connectivity index (χ4n) is 4.14. The molecule has 21 heavy (non-hydrogen) atoms. The molecule has 1 saturated carbocycles. The predicted molar refractivity (Wildman–Crippen MR) is 80.8 cm³/mol. The maximum atomic E-state index is 12.2. The lowest BCUT2D eigenvalue weighted by molar-refractivity contribution is -0.130. The molecule has 2 heterocycles. The van der Waals surface area contributed by atoms with Crippen LogP contribution in [0.5, 0.6) is 0 Å². The maximum Gasteiger partial charge on any atom is 0.325 e. The van der Waals surface area contributed by atoms with Crippen molar-refractivity contribution in [1.29, 1.82) is 0 Å². The van der Waals surface area contributed by atoms with Crippen LogP contribution >= 0.6 is 0 Å². The van der Waals surface area contributed by atoms with E-state index in [2.05, 4.69) is 10.2 Å². The number of urea groups is 1. The first-order valence-electron chi connectivity index (χ1n) is 8.34. The molecule has 3 fully saturated rings. The predicted octanol–water partition coefficient (Wildman–Crippen LogP) is 1.83. The van der Waals surface area contributed by atoms with Crippen molar-refractivity contribution in [3.05, 3.63) is 0 Å². The molecular formula is C16H27N3O2. The van der Waals surface area contributed by atoms with Crippen LogP contribution in [0, 0.1) is 11.8 Å². The van der Waals surface area contributed by atoms with E-state index < -0.39 is 5.54 Å². The third kappa shape index (κ3) is 2.93. The van der Waals surface area contributed by atoms with Crippen molar-refractivity contribution < 1.29 is 9.59 Å². The van der Waals surface area contributed by atoms with E-state index in [4.69, 9.17) is 0 Å². The van der Waals surface area contributed by atoms with Crippen molar-refractivity contribution in [3.8, 4) is 0 Å². The summed E-state index contributed by atoms with van der Waals surface area (Å²) in [7, 11) is 0. The smallest absolute Gasteiger partial charge is 0.324 e. The summed E-state index contributed by atoms with van der Waals surface area (Å²) in [6.07, 6.45) is 6.82. The van der Waals surface area contributed by atoms with Gasteiger partial charge in [0.25, 0.3) is 5.91 Å². The molecule has 0 spiro atoms. The summed E-state index contributed by atoms with van der Waals surface area (Å²) in [6, 6.07) is -0.238.